The van der Waals surface area contributed by atoms with Gasteiger partial charge in [-0.25, -0.2) is 8.42 Å². The van der Waals surface area contributed by atoms with E-state index < -0.39 is 10.0 Å². The summed E-state index contributed by atoms with van der Waals surface area (Å²) in [5.74, 6) is -0.286. The number of nitrogens with zero attached hydrogens (tertiary/aromatic N) is 1. The number of hydrogen-bond acceptors (Lipinski definition) is 3. The van der Waals surface area contributed by atoms with E-state index in [4.69, 9.17) is 0 Å². The molecule has 2 aromatic carbocycles. The molecule has 1 atom stereocenters. The zero-order valence-corrected chi connectivity index (χ0v) is 16.8. The summed E-state index contributed by atoms with van der Waals surface area (Å²) < 4.78 is 24.9. The minimum Gasteiger partial charge on any atom is -0.345 e. The molecule has 27 heavy (non-hydrogen) atoms. The van der Waals surface area contributed by atoms with Crippen molar-refractivity contribution in [2.75, 3.05) is 17.6 Å². The second kappa shape index (κ2) is 7.72. The predicted molar refractivity (Wildman–Crippen MR) is 109 cm³/mol. The number of para-hydroxylation sites is 1. The van der Waals surface area contributed by atoms with E-state index in [1.165, 1.54) is 31.0 Å². The molecule has 0 radical (unpaired) electrons. The molecule has 2 aromatic rings. The lowest BCUT2D eigenvalue weighted by atomic mass is 9.89. The summed E-state index contributed by atoms with van der Waals surface area (Å²) in [7, 11) is -2.00. The van der Waals surface area contributed by atoms with Crippen molar-refractivity contribution < 1.29 is 13.2 Å². The fraction of sp³-hybridized carbons (Fsp3) is 0.381. The van der Waals surface area contributed by atoms with Gasteiger partial charge in [0.15, 0.2) is 0 Å². The number of amides is 1. The number of rotatable bonds is 5. The van der Waals surface area contributed by atoms with E-state index in [0.29, 0.717) is 11.3 Å². The van der Waals surface area contributed by atoms with E-state index in [0.717, 1.165) is 29.0 Å². The highest BCUT2D eigenvalue weighted by Gasteiger charge is 2.21. The number of carbonyl (C=O) groups excluding carboxylic acids is 1. The maximum atomic E-state index is 12.8. The molecule has 0 unspecified atom stereocenters. The topological polar surface area (TPSA) is 66.5 Å². The molecule has 0 saturated heterocycles. The van der Waals surface area contributed by atoms with E-state index in [-0.39, 0.29) is 11.9 Å². The van der Waals surface area contributed by atoms with E-state index >= 15 is 0 Å². The molecule has 0 heterocycles. The van der Waals surface area contributed by atoms with Crippen molar-refractivity contribution in [3.05, 3.63) is 64.7 Å². The van der Waals surface area contributed by atoms with Gasteiger partial charge in [0.05, 0.1) is 23.5 Å². The van der Waals surface area contributed by atoms with E-state index in [2.05, 4.69) is 23.5 Å². The zero-order valence-electron chi connectivity index (χ0n) is 16.0. The highest BCUT2D eigenvalue weighted by atomic mass is 32.2. The van der Waals surface area contributed by atoms with Crippen LogP contribution in [0.25, 0.3) is 0 Å². The van der Waals surface area contributed by atoms with Crippen LogP contribution in [-0.2, 0) is 22.9 Å². The molecule has 1 N–H and O–H groups in total. The molecular weight excluding hydrogens is 360 g/mol. The molecule has 0 fully saturated rings. The first kappa shape index (κ1) is 19.4. The van der Waals surface area contributed by atoms with Gasteiger partial charge in [0, 0.05) is 7.05 Å². The summed E-state index contributed by atoms with van der Waals surface area (Å²) >= 11 is 0. The smallest absolute Gasteiger partial charge is 0.253 e. The van der Waals surface area contributed by atoms with Crippen LogP contribution in [0.1, 0.15) is 52.9 Å². The maximum Gasteiger partial charge on any atom is 0.253 e. The number of anilines is 1. The Balaban J connectivity index is 1.82. The van der Waals surface area contributed by atoms with Crippen LogP contribution < -0.4 is 9.62 Å². The Labute approximate surface area is 161 Å². The van der Waals surface area contributed by atoms with E-state index in [1.807, 2.05) is 6.92 Å². The third-order valence-corrected chi connectivity index (χ3v) is 6.40. The van der Waals surface area contributed by atoms with Crippen molar-refractivity contribution in [1.82, 2.24) is 5.32 Å². The lowest BCUT2D eigenvalue weighted by molar-refractivity contribution is 0.0940. The highest BCUT2D eigenvalue weighted by Crippen LogP contribution is 2.26. The van der Waals surface area contributed by atoms with Crippen molar-refractivity contribution in [3.63, 3.8) is 0 Å². The van der Waals surface area contributed by atoms with Gasteiger partial charge in [-0.1, -0.05) is 30.3 Å². The number of hydrogen-bond donors (Lipinski definition) is 1. The van der Waals surface area contributed by atoms with Gasteiger partial charge in [0.2, 0.25) is 10.0 Å². The quantitative estimate of drug-likeness (QED) is 0.856. The first-order chi connectivity index (χ1) is 12.8. The fourth-order valence-electron chi connectivity index (χ4n) is 3.50. The van der Waals surface area contributed by atoms with Gasteiger partial charge in [0.25, 0.3) is 5.91 Å². The van der Waals surface area contributed by atoms with Crippen LogP contribution in [0, 0.1) is 0 Å². The van der Waals surface area contributed by atoms with Gasteiger partial charge in [-0.15, -0.1) is 0 Å². The number of benzene rings is 2. The number of aryl methyl sites for hydroxylation is 2. The molecule has 0 spiro atoms. The zero-order chi connectivity index (χ0) is 19.6. The Kier molecular flexibility index (Phi) is 5.56. The van der Waals surface area contributed by atoms with E-state index in [1.54, 1.807) is 24.3 Å². The summed E-state index contributed by atoms with van der Waals surface area (Å²) in [4.78, 5) is 12.8. The number of sulfonamides is 1. The van der Waals surface area contributed by atoms with E-state index in [9.17, 15) is 13.2 Å². The molecule has 6 heteroatoms. The Hall–Kier alpha value is -2.34. The van der Waals surface area contributed by atoms with Crippen LogP contribution in [-0.4, -0.2) is 27.6 Å². The van der Waals surface area contributed by atoms with Gasteiger partial charge in [0.1, 0.15) is 0 Å². The summed E-state index contributed by atoms with van der Waals surface area (Å²) in [6, 6.07) is 13.0. The largest absolute Gasteiger partial charge is 0.345 e. The van der Waals surface area contributed by atoms with Gasteiger partial charge in [-0.2, -0.15) is 0 Å². The Morgan fingerprint density at radius 2 is 1.74 bits per heavy atom. The normalized spacial score (nSPS) is 14.9. The minimum atomic E-state index is -3.45. The fourth-order valence-corrected chi connectivity index (χ4v) is 4.02. The molecule has 0 saturated carbocycles. The van der Waals surface area contributed by atoms with Gasteiger partial charge < -0.3 is 5.32 Å². The average Bonchev–Trinajstić information content (AvgIpc) is 2.66. The standard InChI is InChI=1S/C21H26N2O3S/c1-15(17-13-12-16-8-4-5-9-18(16)14-17)22-21(24)19-10-6-7-11-20(19)23(2)27(3,25)26/h6-7,10-15H,4-5,8-9H2,1-3H3,(H,22,24)/t15-/m1/s1. The number of nitrogens with one attached hydrogen (secondary N) is 1. The number of carbonyl (C=O) groups is 1. The molecule has 3 rings (SSSR count). The molecule has 0 bridgehead atoms. The van der Waals surface area contributed by atoms with Crippen molar-refractivity contribution in [2.24, 2.45) is 0 Å². The lowest BCUT2D eigenvalue weighted by Crippen LogP contribution is -2.31. The lowest BCUT2D eigenvalue weighted by Gasteiger charge is -2.22. The first-order valence-corrected chi connectivity index (χ1v) is 11.1. The summed E-state index contributed by atoms with van der Waals surface area (Å²) in [6.07, 6.45) is 5.79. The average molecular weight is 387 g/mol. The monoisotopic (exact) mass is 386 g/mol. The van der Waals surface area contributed by atoms with Crippen molar-refractivity contribution >= 4 is 21.6 Å². The molecule has 5 nitrogen and oxygen atoms in total. The second-order valence-electron chi connectivity index (χ2n) is 7.18. The van der Waals surface area contributed by atoms with Crippen LogP contribution in [0.2, 0.25) is 0 Å². The minimum absolute atomic E-state index is 0.165. The van der Waals surface area contributed by atoms with Crippen molar-refractivity contribution in [2.45, 2.75) is 38.6 Å². The van der Waals surface area contributed by atoms with Crippen molar-refractivity contribution in [3.8, 4) is 0 Å². The number of fused-ring (bicyclic) bond motifs is 1. The third kappa shape index (κ3) is 4.33. The predicted octanol–water partition coefficient (Wildman–Crippen LogP) is 3.45. The summed E-state index contributed by atoms with van der Waals surface area (Å²) in [6.45, 7) is 1.95. The molecular formula is C21H26N2O3S. The van der Waals surface area contributed by atoms with Gasteiger partial charge >= 0.3 is 0 Å². The van der Waals surface area contributed by atoms with Gasteiger partial charge in [-0.3, -0.25) is 9.10 Å². The SMILES string of the molecule is C[C@@H](NC(=O)c1ccccc1N(C)S(C)(=O)=O)c1ccc2c(c1)CCCC2. The molecule has 0 aliphatic heterocycles. The first-order valence-electron chi connectivity index (χ1n) is 9.23. The highest BCUT2D eigenvalue weighted by molar-refractivity contribution is 7.92. The van der Waals surface area contributed by atoms with Crippen LogP contribution in [0.5, 0.6) is 0 Å². The van der Waals surface area contributed by atoms with Crippen LogP contribution in [0.3, 0.4) is 0 Å². The second-order valence-corrected chi connectivity index (χ2v) is 9.19. The molecule has 1 amide bonds. The van der Waals surface area contributed by atoms with Crippen LogP contribution >= 0.6 is 0 Å². The summed E-state index contributed by atoms with van der Waals surface area (Å²) in [5.41, 5.74) is 4.56. The third-order valence-electron chi connectivity index (χ3n) is 5.21. The van der Waals surface area contributed by atoms with Gasteiger partial charge in [-0.05, 0) is 61.4 Å². The Morgan fingerprint density at radius 3 is 2.44 bits per heavy atom. The summed E-state index contributed by atoms with van der Waals surface area (Å²) in [5, 5.41) is 3.01. The van der Waals surface area contributed by atoms with Crippen molar-refractivity contribution in [1.29, 1.82) is 0 Å². The Morgan fingerprint density at radius 1 is 1.07 bits per heavy atom. The molecule has 144 valence electrons. The Bertz CT molecular complexity index is 954. The molecule has 0 aromatic heterocycles. The maximum absolute atomic E-state index is 12.8. The van der Waals surface area contributed by atoms with Crippen LogP contribution in [0.4, 0.5) is 5.69 Å². The molecule has 1 aliphatic rings. The van der Waals surface area contributed by atoms with Crippen LogP contribution in [0.15, 0.2) is 42.5 Å². The molecule has 1 aliphatic carbocycles.